The fourth-order valence-electron chi connectivity index (χ4n) is 2.86. The van der Waals surface area contributed by atoms with Gasteiger partial charge < -0.3 is 4.74 Å². The van der Waals surface area contributed by atoms with Crippen LogP contribution in [0.15, 0.2) is 58.3 Å². The molecule has 0 bridgehead atoms. The van der Waals surface area contributed by atoms with Crippen LogP contribution < -0.4 is 14.2 Å². The maximum atomic E-state index is 12.7. The average molecular weight is 494 g/mol. The lowest BCUT2D eigenvalue weighted by molar-refractivity contribution is -0.387. The minimum absolute atomic E-state index is 0.00159. The number of nitro groups is 1. The summed E-state index contributed by atoms with van der Waals surface area (Å²) in [6, 6.07) is 9.77. The van der Waals surface area contributed by atoms with Gasteiger partial charge in [-0.1, -0.05) is 0 Å². The van der Waals surface area contributed by atoms with Crippen LogP contribution in [0, 0.1) is 24.0 Å². The first-order valence-corrected chi connectivity index (χ1v) is 12.2. The Morgan fingerprint density at radius 1 is 0.879 bits per heavy atom. The predicted octanol–water partition coefficient (Wildman–Crippen LogP) is 2.61. The molecule has 0 amide bonds. The van der Waals surface area contributed by atoms with Gasteiger partial charge in [0, 0.05) is 17.1 Å². The molecule has 0 saturated carbocycles. The van der Waals surface area contributed by atoms with E-state index in [1.165, 1.54) is 37.4 Å². The molecule has 3 rings (SSSR count). The quantitative estimate of drug-likeness (QED) is 0.353. The Morgan fingerprint density at radius 2 is 1.48 bits per heavy atom. The maximum Gasteiger partial charge on any atom is 0.293 e. The fourth-order valence-corrected chi connectivity index (χ4v) is 5.01. The van der Waals surface area contributed by atoms with Crippen LogP contribution in [0.4, 0.5) is 17.3 Å². The molecule has 0 aliphatic heterocycles. The molecule has 3 aromatic rings. The summed E-state index contributed by atoms with van der Waals surface area (Å²) in [6.45, 7) is 3.39. The Morgan fingerprint density at radius 3 is 2.03 bits per heavy atom. The van der Waals surface area contributed by atoms with E-state index >= 15 is 0 Å². The zero-order valence-electron chi connectivity index (χ0n) is 17.6. The zero-order valence-corrected chi connectivity index (χ0v) is 19.3. The molecule has 33 heavy (non-hydrogen) atoms. The SMILES string of the molecule is COc1ccc(S(=O)(=O)Nc2ccc(S(=O)(=O)Nc3nc(C)cc(C)n3)cc2)c([N+](=O)[O-])c1. The second-order valence-corrected chi connectivity index (χ2v) is 10.1. The number of hydrogen-bond donors (Lipinski definition) is 2. The number of nitrogens with one attached hydrogen (secondary N) is 2. The molecule has 0 atom stereocenters. The number of rotatable bonds is 8. The third-order valence-corrected chi connectivity index (χ3v) is 7.05. The molecule has 0 unspecified atom stereocenters. The predicted molar refractivity (Wildman–Crippen MR) is 119 cm³/mol. The van der Waals surface area contributed by atoms with E-state index in [0.717, 1.165) is 12.1 Å². The van der Waals surface area contributed by atoms with Gasteiger partial charge >= 0.3 is 0 Å². The largest absolute Gasteiger partial charge is 0.497 e. The summed E-state index contributed by atoms with van der Waals surface area (Å²) < 4.78 is 60.0. The van der Waals surface area contributed by atoms with E-state index in [0.29, 0.717) is 11.4 Å². The lowest BCUT2D eigenvalue weighted by Gasteiger charge is -2.11. The second-order valence-electron chi connectivity index (χ2n) is 6.80. The van der Waals surface area contributed by atoms with E-state index in [2.05, 4.69) is 19.4 Å². The van der Waals surface area contributed by atoms with E-state index < -0.39 is 35.6 Å². The van der Waals surface area contributed by atoms with Gasteiger partial charge in [-0.25, -0.2) is 31.5 Å². The number of nitro benzene ring substituents is 1. The number of benzene rings is 2. The van der Waals surface area contributed by atoms with Gasteiger partial charge in [0.05, 0.1) is 23.0 Å². The Labute approximate surface area is 189 Å². The highest BCUT2D eigenvalue weighted by molar-refractivity contribution is 7.93. The summed E-state index contributed by atoms with van der Waals surface area (Å²) >= 11 is 0. The molecular weight excluding hydrogens is 474 g/mol. The number of nitrogens with zero attached hydrogens (tertiary/aromatic N) is 3. The van der Waals surface area contributed by atoms with Crippen LogP contribution in [0.3, 0.4) is 0 Å². The third-order valence-electron chi connectivity index (χ3n) is 4.28. The number of anilines is 2. The van der Waals surface area contributed by atoms with Crippen LogP contribution in [0.5, 0.6) is 5.75 Å². The van der Waals surface area contributed by atoms with E-state index in [-0.39, 0.29) is 22.3 Å². The molecule has 0 fully saturated rings. The molecule has 14 heteroatoms. The molecule has 2 N–H and O–H groups in total. The Hall–Kier alpha value is -3.78. The van der Waals surface area contributed by atoms with Crippen LogP contribution in [0.25, 0.3) is 0 Å². The lowest BCUT2D eigenvalue weighted by atomic mass is 10.3. The lowest BCUT2D eigenvalue weighted by Crippen LogP contribution is -2.17. The van der Waals surface area contributed by atoms with Crippen molar-refractivity contribution in [3.05, 3.63) is 70.0 Å². The summed E-state index contributed by atoms with van der Waals surface area (Å²) in [6.07, 6.45) is 0. The van der Waals surface area contributed by atoms with E-state index in [4.69, 9.17) is 4.74 Å². The van der Waals surface area contributed by atoms with Crippen molar-refractivity contribution < 1.29 is 26.5 Å². The van der Waals surface area contributed by atoms with Gasteiger partial charge in [0.25, 0.3) is 25.7 Å². The second kappa shape index (κ2) is 8.99. The van der Waals surface area contributed by atoms with Crippen molar-refractivity contribution in [2.75, 3.05) is 16.6 Å². The number of methoxy groups -OCH3 is 1. The van der Waals surface area contributed by atoms with Crippen molar-refractivity contribution in [1.82, 2.24) is 9.97 Å². The monoisotopic (exact) mass is 493 g/mol. The molecule has 0 saturated heterocycles. The Balaban J connectivity index is 1.85. The molecule has 1 aromatic heterocycles. The van der Waals surface area contributed by atoms with Crippen LogP contribution >= 0.6 is 0 Å². The van der Waals surface area contributed by atoms with Crippen LogP contribution in [0.1, 0.15) is 11.4 Å². The molecule has 1 heterocycles. The first-order valence-electron chi connectivity index (χ1n) is 9.22. The molecule has 0 spiro atoms. The Bertz CT molecular complexity index is 1400. The number of aromatic nitrogens is 2. The maximum absolute atomic E-state index is 12.7. The molecule has 0 radical (unpaired) electrons. The van der Waals surface area contributed by atoms with Crippen LogP contribution in [-0.2, 0) is 20.0 Å². The van der Waals surface area contributed by atoms with E-state index in [1.807, 2.05) is 0 Å². The van der Waals surface area contributed by atoms with Crippen LogP contribution in [0.2, 0.25) is 0 Å². The molecule has 2 aromatic carbocycles. The minimum Gasteiger partial charge on any atom is -0.497 e. The standard InChI is InChI=1S/C19H19N5O7S2/c1-12-10-13(2)21-19(20-12)23-32(27,28)16-7-4-14(5-8-16)22-33(29,30)18-9-6-15(31-3)11-17(18)24(25)26/h4-11,22H,1-3H3,(H,20,21,23). The van der Waals surface area contributed by atoms with Crippen molar-refractivity contribution in [2.45, 2.75) is 23.6 Å². The van der Waals surface area contributed by atoms with Crippen LogP contribution in [-0.4, -0.2) is 38.8 Å². The fraction of sp³-hybridized carbons (Fsp3) is 0.158. The van der Waals surface area contributed by atoms with Gasteiger partial charge in [0.2, 0.25) is 5.95 Å². The molecule has 174 valence electrons. The van der Waals surface area contributed by atoms with Gasteiger partial charge in [-0.3, -0.25) is 14.8 Å². The third kappa shape index (κ3) is 5.53. The van der Waals surface area contributed by atoms with Crippen molar-refractivity contribution in [3.8, 4) is 5.75 Å². The summed E-state index contributed by atoms with van der Waals surface area (Å²) in [5, 5.41) is 11.3. The van der Waals surface area contributed by atoms with Crippen molar-refractivity contribution in [2.24, 2.45) is 0 Å². The molecule has 12 nitrogen and oxygen atoms in total. The summed E-state index contributed by atoms with van der Waals surface area (Å²) in [5.74, 6) is 0.0274. The number of ether oxygens (including phenoxy) is 1. The number of hydrogen-bond acceptors (Lipinski definition) is 9. The summed E-state index contributed by atoms with van der Waals surface area (Å²) in [4.78, 5) is 17.8. The molecule has 0 aliphatic carbocycles. The Kier molecular flexibility index (Phi) is 6.51. The number of sulfonamides is 2. The average Bonchev–Trinajstić information content (AvgIpc) is 2.72. The normalized spacial score (nSPS) is 11.6. The topological polar surface area (TPSA) is 170 Å². The highest BCUT2D eigenvalue weighted by Gasteiger charge is 2.27. The molecule has 0 aliphatic rings. The first kappa shape index (κ1) is 23.9. The zero-order chi connectivity index (χ0) is 24.4. The highest BCUT2D eigenvalue weighted by Crippen LogP contribution is 2.30. The van der Waals surface area contributed by atoms with Gasteiger partial charge in [-0.15, -0.1) is 0 Å². The molecular formula is C19H19N5O7S2. The first-order chi connectivity index (χ1) is 15.4. The summed E-state index contributed by atoms with van der Waals surface area (Å²) in [7, 11) is -7.10. The van der Waals surface area contributed by atoms with Gasteiger partial charge in [0.15, 0.2) is 4.90 Å². The highest BCUT2D eigenvalue weighted by atomic mass is 32.2. The van der Waals surface area contributed by atoms with Crippen molar-refractivity contribution >= 4 is 37.4 Å². The summed E-state index contributed by atoms with van der Waals surface area (Å²) in [5.41, 5.74) is 0.496. The van der Waals surface area contributed by atoms with Gasteiger partial charge in [-0.05, 0) is 56.3 Å². The van der Waals surface area contributed by atoms with E-state index in [1.54, 1.807) is 19.9 Å². The van der Waals surface area contributed by atoms with E-state index in [9.17, 15) is 26.9 Å². The smallest absolute Gasteiger partial charge is 0.293 e. The number of aryl methyl sites for hydroxylation is 2. The van der Waals surface area contributed by atoms with Crippen molar-refractivity contribution in [3.63, 3.8) is 0 Å². The van der Waals surface area contributed by atoms with Gasteiger partial charge in [-0.2, -0.15) is 0 Å². The van der Waals surface area contributed by atoms with Crippen molar-refractivity contribution in [1.29, 1.82) is 0 Å². The minimum atomic E-state index is -4.35. The van der Waals surface area contributed by atoms with Gasteiger partial charge in [0.1, 0.15) is 5.75 Å².